The van der Waals surface area contributed by atoms with Gasteiger partial charge in [0.2, 0.25) is 10.0 Å². The highest BCUT2D eigenvalue weighted by molar-refractivity contribution is 7.89. The summed E-state index contributed by atoms with van der Waals surface area (Å²) < 4.78 is 28.5. The lowest BCUT2D eigenvalue weighted by Crippen LogP contribution is -2.50. The quantitative estimate of drug-likeness (QED) is 0.293. The topological polar surface area (TPSA) is 147 Å². The lowest BCUT2D eigenvalue weighted by atomic mass is 10.2. The molecule has 0 aliphatic carbocycles. The largest absolute Gasteiger partial charge is 0.484 e. The fourth-order valence-corrected chi connectivity index (χ4v) is 4.83. The van der Waals surface area contributed by atoms with Gasteiger partial charge in [0.1, 0.15) is 5.75 Å². The third kappa shape index (κ3) is 5.63. The summed E-state index contributed by atoms with van der Waals surface area (Å²) in [6.45, 7) is 2.65. The number of fused-ring (bicyclic) bond motifs is 1. The van der Waals surface area contributed by atoms with E-state index in [0.717, 1.165) is 41.1 Å². The molecular formula is C26H28N6O4S. The van der Waals surface area contributed by atoms with Crippen LogP contribution in [0.4, 0.5) is 22.7 Å². The maximum Gasteiger partial charge on any atom is 0.260 e. The summed E-state index contributed by atoms with van der Waals surface area (Å²) in [6, 6.07) is 19.8. The number of nitrogens with one attached hydrogen (secondary N) is 2. The maximum atomic E-state index is 12.7. The number of sulfonamides is 1. The van der Waals surface area contributed by atoms with E-state index in [0.29, 0.717) is 24.5 Å². The van der Waals surface area contributed by atoms with Crippen LogP contribution >= 0.6 is 0 Å². The van der Waals surface area contributed by atoms with E-state index in [2.05, 4.69) is 15.2 Å². The van der Waals surface area contributed by atoms with Gasteiger partial charge in [-0.15, -0.1) is 0 Å². The van der Waals surface area contributed by atoms with Gasteiger partial charge in [-0.05, 0) is 66.7 Å². The number of nitrogens with two attached hydrogens (primary N) is 2. The van der Waals surface area contributed by atoms with Crippen LogP contribution in [-0.4, -0.2) is 57.0 Å². The molecule has 11 heteroatoms. The number of piperazine rings is 1. The number of ether oxygens (including phenoxy) is 1. The Kier molecular flexibility index (Phi) is 6.64. The molecule has 0 saturated carbocycles. The number of rotatable bonds is 7. The van der Waals surface area contributed by atoms with E-state index in [4.69, 9.17) is 15.6 Å². The average molecular weight is 521 g/mol. The number of anilines is 4. The van der Waals surface area contributed by atoms with Crippen molar-refractivity contribution in [2.24, 2.45) is 5.14 Å². The van der Waals surface area contributed by atoms with Crippen molar-refractivity contribution in [1.82, 2.24) is 9.88 Å². The summed E-state index contributed by atoms with van der Waals surface area (Å²) >= 11 is 0. The number of H-pyrrole nitrogens is 1. The van der Waals surface area contributed by atoms with Crippen LogP contribution in [0.1, 0.15) is 0 Å². The van der Waals surface area contributed by atoms with Gasteiger partial charge < -0.3 is 30.6 Å². The normalized spacial score (nSPS) is 14.1. The number of hydrogen-bond donors (Lipinski definition) is 4. The van der Waals surface area contributed by atoms with Gasteiger partial charge in [0.05, 0.1) is 10.6 Å². The number of nitrogen functional groups attached to an aromatic ring is 1. The first kappa shape index (κ1) is 24.5. The highest BCUT2D eigenvalue weighted by atomic mass is 32.2. The summed E-state index contributed by atoms with van der Waals surface area (Å²) in [5.41, 5.74) is 10.2. The minimum Gasteiger partial charge on any atom is -0.484 e. The molecule has 0 spiro atoms. The van der Waals surface area contributed by atoms with Gasteiger partial charge in [0, 0.05) is 60.3 Å². The van der Waals surface area contributed by atoms with E-state index in [1.54, 1.807) is 18.3 Å². The Morgan fingerprint density at radius 3 is 2.24 bits per heavy atom. The number of primary sulfonamides is 1. The second kappa shape index (κ2) is 10.0. The van der Waals surface area contributed by atoms with E-state index in [-0.39, 0.29) is 17.4 Å². The smallest absolute Gasteiger partial charge is 0.260 e. The van der Waals surface area contributed by atoms with Crippen molar-refractivity contribution in [2.45, 2.75) is 4.90 Å². The van der Waals surface area contributed by atoms with Crippen LogP contribution in [0.2, 0.25) is 0 Å². The predicted octanol–water partition coefficient (Wildman–Crippen LogP) is 2.87. The van der Waals surface area contributed by atoms with Crippen LogP contribution in [0.3, 0.4) is 0 Å². The number of aromatic nitrogens is 1. The lowest BCUT2D eigenvalue weighted by Gasteiger charge is -2.36. The van der Waals surface area contributed by atoms with Crippen molar-refractivity contribution in [1.29, 1.82) is 0 Å². The third-order valence-electron chi connectivity index (χ3n) is 6.38. The van der Waals surface area contributed by atoms with Gasteiger partial charge in [0.15, 0.2) is 6.61 Å². The molecule has 0 atom stereocenters. The van der Waals surface area contributed by atoms with Gasteiger partial charge in [-0.3, -0.25) is 4.79 Å². The molecule has 192 valence electrons. The third-order valence-corrected chi connectivity index (χ3v) is 7.31. The molecule has 4 aromatic rings. The molecule has 10 nitrogen and oxygen atoms in total. The Hall–Kier alpha value is -4.22. The molecule has 1 amide bonds. The summed E-state index contributed by atoms with van der Waals surface area (Å²) in [7, 11) is -3.71. The molecule has 0 unspecified atom stereocenters. The monoisotopic (exact) mass is 520 g/mol. The van der Waals surface area contributed by atoms with E-state index in [1.165, 1.54) is 12.1 Å². The Morgan fingerprint density at radius 2 is 1.59 bits per heavy atom. The van der Waals surface area contributed by atoms with Crippen molar-refractivity contribution in [3.05, 3.63) is 72.9 Å². The standard InChI is InChI=1S/C26H28N6O4S/c27-24-16-29-25-10-7-21(15-23(24)25)36-17-26(33)32-13-11-31(12-14-32)20-5-1-18(2-6-20)30-19-3-8-22(9-4-19)37(28,34)35/h1-10,15-16,29-30H,11-14,17,27H2,(H2,28,34,35). The number of aromatic amines is 1. The molecule has 37 heavy (non-hydrogen) atoms. The lowest BCUT2D eigenvalue weighted by molar-refractivity contribution is -0.133. The van der Waals surface area contributed by atoms with Crippen LogP contribution in [0.15, 0.2) is 77.8 Å². The number of hydrogen-bond acceptors (Lipinski definition) is 7. The first-order valence-corrected chi connectivity index (χ1v) is 13.3. The molecule has 2 heterocycles. The second-order valence-electron chi connectivity index (χ2n) is 8.85. The van der Waals surface area contributed by atoms with E-state index < -0.39 is 10.0 Å². The average Bonchev–Trinajstić information content (AvgIpc) is 3.27. The van der Waals surface area contributed by atoms with Crippen LogP contribution in [0.5, 0.6) is 5.75 Å². The summed E-state index contributed by atoms with van der Waals surface area (Å²) in [4.78, 5) is 19.9. The van der Waals surface area contributed by atoms with Crippen molar-refractivity contribution in [3.63, 3.8) is 0 Å². The van der Waals surface area contributed by atoms with Crippen LogP contribution in [0, 0.1) is 0 Å². The van der Waals surface area contributed by atoms with Crippen molar-refractivity contribution in [2.75, 3.05) is 48.7 Å². The van der Waals surface area contributed by atoms with Gasteiger partial charge in [-0.1, -0.05) is 0 Å². The second-order valence-corrected chi connectivity index (χ2v) is 10.4. The molecule has 1 saturated heterocycles. The van der Waals surface area contributed by atoms with Gasteiger partial charge >= 0.3 is 0 Å². The first-order chi connectivity index (χ1) is 17.8. The predicted molar refractivity (Wildman–Crippen MR) is 145 cm³/mol. The number of carbonyl (C=O) groups is 1. The Balaban J connectivity index is 1.11. The minimum absolute atomic E-state index is 0.0195. The summed E-state index contributed by atoms with van der Waals surface area (Å²) in [5.74, 6) is 0.564. The van der Waals surface area contributed by atoms with E-state index in [9.17, 15) is 13.2 Å². The number of nitrogens with zero attached hydrogens (tertiary/aromatic N) is 2. The molecule has 1 aromatic heterocycles. The molecular weight excluding hydrogens is 492 g/mol. The molecule has 1 fully saturated rings. The molecule has 5 rings (SSSR count). The zero-order valence-electron chi connectivity index (χ0n) is 20.1. The van der Waals surface area contributed by atoms with Crippen molar-refractivity contribution >= 4 is 49.6 Å². The first-order valence-electron chi connectivity index (χ1n) is 11.8. The zero-order valence-corrected chi connectivity index (χ0v) is 20.9. The van der Waals surface area contributed by atoms with Crippen LogP contribution < -0.4 is 25.8 Å². The van der Waals surface area contributed by atoms with Crippen molar-refractivity contribution < 1.29 is 17.9 Å². The minimum atomic E-state index is -3.71. The van der Waals surface area contributed by atoms with E-state index in [1.807, 2.05) is 47.4 Å². The van der Waals surface area contributed by atoms with Gasteiger partial charge in [0.25, 0.3) is 5.91 Å². The highest BCUT2D eigenvalue weighted by Crippen LogP contribution is 2.26. The molecule has 1 aliphatic heterocycles. The SMILES string of the molecule is Nc1c[nH]c2ccc(OCC(=O)N3CCN(c4ccc(Nc5ccc(S(N)(=O)=O)cc5)cc4)CC3)cc12. The fourth-order valence-electron chi connectivity index (χ4n) is 4.31. The Labute approximate surface area is 214 Å². The van der Waals surface area contributed by atoms with Crippen LogP contribution in [-0.2, 0) is 14.8 Å². The fraction of sp³-hybridized carbons (Fsp3) is 0.192. The van der Waals surface area contributed by atoms with Gasteiger partial charge in [-0.25, -0.2) is 13.6 Å². The Bertz CT molecular complexity index is 1510. The van der Waals surface area contributed by atoms with Gasteiger partial charge in [-0.2, -0.15) is 0 Å². The molecule has 0 bridgehead atoms. The molecule has 6 N–H and O–H groups in total. The zero-order chi connectivity index (χ0) is 26.0. The molecule has 3 aromatic carbocycles. The molecule has 1 aliphatic rings. The Morgan fingerprint density at radius 1 is 0.946 bits per heavy atom. The van der Waals surface area contributed by atoms with E-state index >= 15 is 0 Å². The number of carbonyl (C=O) groups excluding carboxylic acids is 1. The van der Waals surface area contributed by atoms with Crippen LogP contribution in [0.25, 0.3) is 10.9 Å². The maximum absolute atomic E-state index is 12.7. The highest BCUT2D eigenvalue weighted by Gasteiger charge is 2.22. The summed E-state index contributed by atoms with van der Waals surface area (Å²) in [5, 5.41) is 9.26. The number of benzene rings is 3. The molecule has 0 radical (unpaired) electrons. The van der Waals surface area contributed by atoms with Crippen molar-refractivity contribution in [3.8, 4) is 5.75 Å². The number of amides is 1. The summed E-state index contributed by atoms with van der Waals surface area (Å²) in [6.07, 6.45) is 1.74.